The Hall–Kier alpha value is -0.160. The van der Waals surface area contributed by atoms with Crippen LogP contribution in [0.4, 0.5) is 0 Å². The second-order valence-electron chi connectivity index (χ2n) is 1.81. The minimum absolute atomic E-state index is 0.370. The summed E-state index contributed by atoms with van der Waals surface area (Å²) in [6.07, 6.45) is 1.10. The fraction of sp³-hybridized carbons (Fsp3) is 1.00. The van der Waals surface area contributed by atoms with Crippen LogP contribution in [0.1, 0.15) is 19.8 Å². The number of aliphatic hydroxyl groups excluding tert-OH is 2. The fourth-order valence-electron chi connectivity index (χ4n) is 0.617. The summed E-state index contributed by atoms with van der Waals surface area (Å²) in [5.74, 6) is 0. The Morgan fingerprint density at radius 1 is 1.20 bits per heavy atom. The van der Waals surface area contributed by atoms with Gasteiger partial charge in [0.2, 0.25) is 0 Å². The van der Waals surface area contributed by atoms with Crippen molar-refractivity contribution in [2.45, 2.75) is 26.1 Å². The van der Waals surface area contributed by atoms with E-state index < -0.39 is 6.29 Å². The highest BCUT2D eigenvalue weighted by Crippen LogP contribution is 2.02. The second-order valence-corrected chi connectivity index (χ2v) is 1.81. The van der Waals surface area contributed by atoms with Crippen LogP contribution in [0.15, 0.2) is 0 Å². The van der Waals surface area contributed by atoms with Gasteiger partial charge in [-0.3, -0.25) is 0 Å². The maximum atomic E-state index is 8.31. The summed E-state index contributed by atoms with van der Waals surface area (Å²) >= 11 is 0. The van der Waals surface area contributed by atoms with Gasteiger partial charge in [-0.15, -0.1) is 0 Å². The van der Waals surface area contributed by atoms with Crippen molar-refractivity contribution < 1.29 is 19.7 Å². The minimum Gasteiger partial charge on any atom is -0.371 e. The average molecular weight is 150 g/mol. The Bertz CT molecular complexity index is 52.5. The summed E-state index contributed by atoms with van der Waals surface area (Å²) in [7, 11) is 0. The van der Waals surface area contributed by atoms with E-state index in [1.807, 2.05) is 6.92 Å². The molecule has 0 radical (unpaired) electrons. The lowest BCUT2D eigenvalue weighted by Gasteiger charge is -2.13. The van der Waals surface area contributed by atoms with Crippen molar-refractivity contribution >= 4 is 0 Å². The predicted octanol–water partition coefficient (Wildman–Crippen LogP) is 0.0454. The van der Waals surface area contributed by atoms with Gasteiger partial charge in [-0.2, -0.15) is 0 Å². The molecule has 10 heavy (non-hydrogen) atoms. The zero-order chi connectivity index (χ0) is 7.82. The van der Waals surface area contributed by atoms with E-state index in [-0.39, 0.29) is 13.6 Å². The summed E-state index contributed by atoms with van der Waals surface area (Å²) in [6, 6.07) is 0. The Morgan fingerprint density at radius 2 is 1.70 bits per heavy atom. The molecule has 62 valence electrons. The summed E-state index contributed by atoms with van der Waals surface area (Å²) < 4.78 is 9.39. The van der Waals surface area contributed by atoms with Gasteiger partial charge in [0.1, 0.15) is 13.6 Å². The average Bonchev–Trinajstić information content (AvgIpc) is 1.90. The molecule has 0 atom stereocenters. The minimum atomic E-state index is -0.472. The molecule has 0 rings (SSSR count). The number of aliphatic hydroxyl groups is 2. The zero-order valence-electron chi connectivity index (χ0n) is 6.12. The smallest absolute Gasteiger partial charge is 0.163 e. The van der Waals surface area contributed by atoms with Crippen LogP contribution in [0.5, 0.6) is 0 Å². The Labute approximate surface area is 60.4 Å². The first kappa shape index (κ1) is 9.84. The normalized spacial score (nSPS) is 10.8. The first-order valence-corrected chi connectivity index (χ1v) is 3.30. The van der Waals surface area contributed by atoms with Crippen LogP contribution in [0.2, 0.25) is 0 Å². The van der Waals surface area contributed by atoms with Gasteiger partial charge in [0, 0.05) is 0 Å². The van der Waals surface area contributed by atoms with Crippen molar-refractivity contribution in [3.8, 4) is 0 Å². The molecular formula is C6H14O4. The molecule has 0 amide bonds. The molecule has 0 aromatic heterocycles. The Balaban J connectivity index is 3.30. The molecule has 0 spiro atoms. The van der Waals surface area contributed by atoms with E-state index in [9.17, 15) is 0 Å². The molecule has 0 aromatic carbocycles. The Kier molecular flexibility index (Phi) is 6.84. The van der Waals surface area contributed by atoms with Crippen molar-refractivity contribution in [3.63, 3.8) is 0 Å². The largest absolute Gasteiger partial charge is 0.371 e. The maximum absolute atomic E-state index is 8.31. The highest BCUT2D eigenvalue weighted by Gasteiger charge is 2.05. The van der Waals surface area contributed by atoms with Gasteiger partial charge < -0.3 is 19.7 Å². The van der Waals surface area contributed by atoms with Crippen LogP contribution < -0.4 is 0 Å². The molecule has 0 heterocycles. The van der Waals surface area contributed by atoms with E-state index in [4.69, 9.17) is 19.7 Å². The topological polar surface area (TPSA) is 58.9 Å². The lowest BCUT2D eigenvalue weighted by Crippen LogP contribution is -2.18. The molecule has 0 aliphatic rings. The molecule has 0 unspecified atom stereocenters. The number of hydrogen-bond acceptors (Lipinski definition) is 4. The molecule has 0 aliphatic carbocycles. The number of hydrogen-bond donors (Lipinski definition) is 2. The van der Waals surface area contributed by atoms with Crippen LogP contribution in [0, 0.1) is 0 Å². The predicted molar refractivity (Wildman–Crippen MR) is 35.0 cm³/mol. The third kappa shape index (κ3) is 4.69. The highest BCUT2D eigenvalue weighted by atomic mass is 16.7. The van der Waals surface area contributed by atoms with Crippen LogP contribution in [0.25, 0.3) is 0 Å². The molecule has 2 N–H and O–H groups in total. The van der Waals surface area contributed by atoms with Crippen LogP contribution in [0.3, 0.4) is 0 Å². The number of ether oxygens (including phenoxy) is 2. The molecular weight excluding hydrogens is 136 g/mol. The molecule has 4 heteroatoms. The van der Waals surface area contributed by atoms with Gasteiger partial charge >= 0.3 is 0 Å². The van der Waals surface area contributed by atoms with E-state index in [0.29, 0.717) is 6.42 Å². The summed E-state index contributed by atoms with van der Waals surface area (Å²) in [5.41, 5.74) is 0. The molecule has 0 saturated heterocycles. The first-order chi connectivity index (χ1) is 4.85. The molecule has 0 aliphatic heterocycles. The lowest BCUT2D eigenvalue weighted by molar-refractivity contribution is -0.211. The zero-order valence-corrected chi connectivity index (χ0v) is 6.12. The maximum Gasteiger partial charge on any atom is 0.163 e. The summed E-state index contributed by atoms with van der Waals surface area (Å²) in [5, 5.41) is 16.6. The quantitative estimate of drug-likeness (QED) is 0.525. The third-order valence-electron chi connectivity index (χ3n) is 1.05. The van der Waals surface area contributed by atoms with E-state index in [0.717, 1.165) is 6.42 Å². The molecule has 4 nitrogen and oxygen atoms in total. The summed E-state index contributed by atoms with van der Waals surface area (Å²) in [4.78, 5) is 0. The molecule has 0 fully saturated rings. The molecule has 0 aromatic rings. The second kappa shape index (κ2) is 6.95. The van der Waals surface area contributed by atoms with Gasteiger partial charge in [0.05, 0.1) is 0 Å². The first-order valence-electron chi connectivity index (χ1n) is 3.30. The van der Waals surface area contributed by atoms with Crippen molar-refractivity contribution in [2.75, 3.05) is 13.6 Å². The van der Waals surface area contributed by atoms with E-state index >= 15 is 0 Å². The van der Waals surface area contributed by atoms with Crippen molar-refractivity contribution in [2.24, 2.45) is 0 Å². The molecule has 0 saturated carbocycles. The third-order valence-corrected chi connectivity index (χ3v) is 1.05. The van der Waals surface area contributed by atoms with Crippen molar-refractivity contribution in [3.05, 3.63) is 0 Å². The standard InChI is InChI=1S/C6H14O4/c1-2-3-6(9-4-7)10-5-8/h6-8H,2-5H2,1H3. The van der Waals surface area contributed by atoms with E-state index in [1.54, 1.807) is 0 Å². The summed E-state index contributed by atoms with van der Waals surface area (Å²) in [6.45, 7) is 1.23. The van der Waals surface area contributed by atoms with E-state index in [2.05, 4.69) is 0 Å². The van der Waals surface area contributed by atoms with Gasteiger partial charge in [0.25, 0.3) is 0 Å². The highest BCUT2D eigenvalue weighted by molar-refractivity contribution is 4.39. The van der Waals surface area contributed by atoms with Crippen molar-refractivity contribution in [1.82, 2.24) is 0 Å². The SMILES string of the molecule is CCCC(OCO)OCO. The Morgan fingerprint density at radius 3 is 2.00 bits per heavy atom. The van der Waals surface area contributed by atoms with Gasteiger partial charge in [-0.25, -0.2) is 0 Å². The lowest BCUT2D eigenvalue weighted by atomic mass is 10.3. The fourth-order valence-corrected chi connectivity index (χ4v) is 0.617. The monoisotopic (exact) mass is 150 g/mol. The number of rotatable bonds is 6. The van der Waals surface area contributed by atoms with Gasteiger partial charge in [-0.1, -0.05) is 13.3 Å². The van der Waals surface area contributed by atoms with Crippen molar-refractivity contribution in [1.29, 1.82) is 0 Å². The van der Waals surface area contributed by atoms with Crippen LogP contribution >= 0.6 is 0 Å². The molecule has 0 bridgehead atoms. The van der Waals surface area contributed by atoms with Crippen LogP contribution in [-0.4, -0.2) is 30.1 Å². The van der Waals surface area contributed by atoms with Gasteiger partial charge in [-0.05, 0) is 6.42 Å². The van der Waals surface area contributed by atoms with Crippen LogP contribution in [-0.2, 0) is 9.47 Å². The van der Waals surface area contributed by atoms with Gasteiger partial charge in [0.15, 0.2) is 6.29 Å². The van der Waals surface area contributed by atoms with E-state index in [1.165, 1.54) is 0 Å².